The SMILES string of the molecule is COCCNCCNC(=O)Cn1c(=O)n(C)c2ccccc21. The molecule has 22 heavy (non-hydrogen) atoms. The van der Waals surface area contributed by atoms with E-state index in [9.17, 15) is 9.59 Å². The normalized spacial score (nSPS) is 11.0. The van der Waals surface area contributed by atoms with Crippen molar-refractivity contribution in [2.45, 2.75) is 6.54 Å². The Labute approximate surface area is 128 Å². The first-order valence-corrected chi connectivity index (χ1v) is 7.25. The van der Waals surface area contributed by atoms with Gasteiger partial charge in [-0.3, -0.25) is 13.9 Å². The van der Waals surface area contributed by atoms with Crippen LogP contribution in [0, 0.1) is 0 Å². The van der Waals surface area contributed by atoms with Crippen LogP contribution >= 0.6 is 0 Å². The molecule has 0 atom stereocenters. The quantitative estimate of drug-likeness (QED) is 0.656. The van der Waals surface area contributed by atoms with Crippen LogP contribution in [0.2, 0.25) is 0 Å². The monoisotopic (exact) mass is 306 g/mol. The van der Waals surface area contributed by atoms with Gasteiger partial charge in [-0.05, 0) is 12.1 Å². The van der Waals surface area contributed by atoms with Gasteiger partial charge in [-0.2, -0.15) is 0 Å². The van der Waals surface area contributed by atoms with Crippen LogP contribution in [0.4, 0.5) is 0 Å². The highest BCUT2D eigenvalue weighted by molar-refractivity contribution is 5.80. The molecule has 7 heteroatoms. The molecular formula is C15H22N4O3. The molecule has 1 heterocycles. The molecule has 2 aromatic rings. The second-order valence-corrected chi connectivity index (χ2v) is 5.01. The number of carbonyl (C=O) groups is 1. The maximum Gasteiger partial charge on any atom is 0.329 e. The van der Waals surface area contributed by atoms with Crippen molar-refractivity contribution in [2.24, 2.45) is 7.05 Å². The Balaban J connectivity index is 1.92. The second-order valence-electron chi connectivity index (χ2n) is 5.01. The van der Waals surface area contributed by atoms with Crippen molar-refractivity contribution < 1.29 is 9.53 Å². The molecule has 7 nitrogen and oxygen atoms in total. The summed E-state index contributed by atoms with van der Waals surface area (Å²) < 4.78 is 7.95. The lowest BCUT2D eigenvalue weighted by Gasteiger charge is -2.07. The molecule has 0 spiro atoms. The number of nitrogens with zero attached hydrogens (tertiary/aromatic N) is 2. The first-order valence-electron chi connectivity index (χ1n) is 7.25. The molecule has 0 aliphatic rings. The molecule has 0 aliphatic carbocycles. The van der Waals surface area contributed by atoms with Crippen molar-refractivity contribution in [3.63, 3.8) is 0 Å². The summed E-state index contributed by atoms with van der Waals surface area (Å²) in [5.41, 5.74) is 1.40. The fraction of sp³-hybridized carbons (Fsp3) is 0.467. The first kappa shape index (κ1) is 16.3. The number of amides is 1. The average molecular weight is 306 g/mol. The number of hydrogen-bond donors (Lipinski definition) is 2. The maximum absolute atomic E-state index is 12.2. The highest BCUT2D eigenvalue weighted by atomic mass is 16.5. The van der Waals surface area contributed by atoms with Crippen LogP contribution in [0.15, 0.2) is 29.1 Å². The molecule has 1 amide bonds. The number of carbonyl (C=O) groups excluding carboxylic acids is 1. The van der Waals surface area contributed by atoms with Crippen LogP contribution in [0.25, 0.3) is 11.0 Å². The molecule has 0 radical (unpaired) electrons. The van der Waals surface area contributed by atoms with Gasteiger partial charge in [0.15, 0.2) is 0 Å². The number of para-hydroxylation sites is 2. The summed E-state index contributed by atoms with van der Waals surface area (Å²) in [5.74, 6) is -0.174. The third kappa shape index (κ3) is 3.75. The Morgan fingerprint density at radius 1 is 1.18 bits per heavy atom. The van der Waals surface area contributed by atoms with E-state index < -0.39 is 0 Å². The third-order valence-electron chi connectivity index (χ3n) is 3.46. The molecule has 0 aliphatic heterocycles. The van der Waals surface area contributed by atoms with E-state index in [2.05, 4.69) is 10.6 Å². The van der Waals surface area contributed by atoms with Crippen LogP contribution in [-0.4, -0.2) is 48.4 Å². The van der Waals surface area contributed by atoms with Crippen LogP contribution < -0.4 is 16.3 Å². The number of nitrogens with one attached hydrogen (secondary N) is 2. The second kappa shape index (κ2) is 7.77. The van der Waals surface area contributed by atoms with E-state index in [4.69, 9.17) is 4.74 Å². The van der Waals surface area contributed by atoms with Gasteiger partial charge in [0.2, 0.25) is 5.91 Å². The minimum absolute atomic E-state index is 0.0260. The summed E-state index contributed by atoms with van der Waals surface area (Å²) >= 11 is 0. The van der Waals surface area contributed by atoms with Crippen LogP contribution in [0.1, 0.15) is 0 Å². The summed E-state index contributed by atoms with van der Waals surface area (Å²) in [4.78, 5) is 24.2. The number of methoxy groups -OCH3 is 1. The van der Waals surface area contributed by atoms with Crippen molar-refractivity contribution >= 4 is 16.9 Å². The zero-order valence-corrected chi connectivity index (χ0v) is 13.0. The van der Waals surface area contributed by atoms with Crippen LogP contribution in [0.3, 0.4) is 0 Å². The summed E-state index contributed by atoms with van der Waals surface area (Å²) in [6.45, 7) is 2.59. The molecular weight excluding hydrogens is 284 g/mol. The van der Waals surface area contributed by atoms with Gasteiger partial charge in [0.05, 0.1) is 17.6 Å². The van der Waals surface area contributed by atoms with Gasteiger partial charge in [0, 0.05) is 33.8 Å². The molecule has 1 aromatic heterocycles. The van der Waals surface area contributed by atoms with Gasteiger partial charge < -0.3 is 15.4 Å². The van der Waals surface area contributed by atoms with E-state index >= 15 is 0 Å². The number of rotatable bonds is 8. The summed E-state index contributed by atoms with van der Waals surface area (Å²) in [7, 11) is 3.35. The van der Waals surface area contributed by atoms with E-state index in [0.29, 0.717) is 19.7 Å². The molecule has 0 unspecified atom stereocenters. The Bertz CT molecular complexity index is 690. The summed E-state index contributed by atoms with van der Waals surface area (Å²) in [5, 5.41) is 5.94. The number of benzene rings is 1. The van der Waals surface area contributed by atoms with E-state index in [1.807, 2.05) is 24.3 Å². The van der Waals surface area contributed by atoms with Crippen molar-refractivity contribution in [1.29, 1.82) is 0 Å². The predicted octanol–water partition coefficient (Wildman–Crippen LogP) is -0.308. The molecule has 2 rings (SSSR count). The average Bonchev–Trinajstić information content (AvgIpc) is 2.76. The van der Waals surface area contributed by atoms with E-state index in [0.717, 1.165) is 17.6 Å². The topological polar surface area (TPSA) is 77.3 Å². The van der Waals surface area contributed by atoms with Gasteiger partial charge in [-0.25, -0.2) is 4.79 Å². The van der Waals surface area contributed by atoms with Gasteiger partial charge in [0.1, 0.15) is 6.54 Å². The standard InChI is InChI=1S/C15H22N4O3/c1-18-12-5-3-4-6-13(12)19(15(18)21)11-14(20)17-8-7-16-9-10-22-2/h3-6,16H,7-11H2,1-2H3,(H,17,20). The summed E-state index contributed by atoms with van der Waals surface area (Å²) in [6.07, 6.45) is 0. The number of ether oxygens (including phenoxy) is 1. The highest BCUT2D eigenvalue weighted by Crippen LogP contribution is 2.10. The molecule has 0 saturated heterocycles. The number of aromatic nitrogens is 2. The number of fused-ring (bicyclic) bond motifs is 1. The predicted molar refractivity (Wildman–Crippen MR) is 84.9 cm³/mol. The Kier molecular flexibility index (Phi) is 5.74. The van der Waals surface area contributed by atoms with Crippen LogP contribution in [0.5, 0.6) is 0 Å². The van der Waals surface area contributed by atoms with Crippen molar-refractivity contribution in [3.05, 3.63) is 34.7 Å². The van der Waals surface area contributed by atoms with E-state index in [1.54, 1.807) is 18.7 Å². The Morgan fingerprint density at radius 2 is 1.91 bits per heavy atom. The number of hydrogen-bond acceptors (Lipinski definition) is 4. The molecule has 0 bridgehead atoms. The van der Waals surface area contributed by atoms with E-state index in [1.165, 1.54) is 4.57 Å². The Hall–Kier alpha value is -2.12. The van der Waals surface area contributed by atoms with Gasteiger partial charge in [0.25, 0.3) is 0 Å². The fourth-order valence-corrected chi connectivity index (χ4v) is 2.31. The lowest BCUT2D eigenvalue weighted by atomic mass is 10.3. The molecule has 120 valence electrons. The molecule has 0 saturated carbocycles. The summed E-state index contributed by atoms with van der Waals surface area (Å²) in [6, 6.07) is 7.44. The lowest BCUT2D eigenvalue weighted by molar-refractivity contribution is -0.121. The zero-order chi connectivity index (χ0) is 15.9. The Morgan fingerprint density at radius 3 is 2.64 bits per heavy atom. The van der Waals surface area contributed by atoms with Gasteiger partial charge in [-0.15, -0.1) is 0 Å². The fourth-order valence-electron chi connectivity index (χ4n) is 2.31. The lowest BCUT2D eigenvalue weighted by Crippen LogP contribution is -2.36. The zero-order valence-electron chi connectivity index (χ0n) is 13.0. The van der Waals surface area contributed by atoms with Crippen molar-refractivity contribution in [1.82, 2.24) is 19.8 Å². The first-order chi connectivity index (χ1) is 10.6. The third-order valence-corrected chi connectivity index (χ3v) is 3.46. The number of aryl methyl sites for hydroxylation is 1. The number of imidazole rings is 1. The minimum Gasteiger partial charge on any atom is -0.383 e. The van der Waals surface area contributed by atoms with E-state index in [-0.39, 0.29) is 18.1 Å². The highest BCUT2D eigenvalue weighted by Gasteiger charge is 2.12. The minimum atomic E-state index is -0.186. The smallest absolute Gasteiger partial charge is 0.329 e. The van der Waals surface area contributed by atoms with Crippen molar-refractivity contribution in [3.8, 4) is 0 Å². The van der Waals surface area contributed by atoms with Gasteiger partial charge >= 0.3 is 5.69 Å². The largest absolute Gasteiger partial charge is 0.383 e. The molecule has 0 fully saturated rings. The maximum atomic E-state index is 12.2. The van der Waals surface area contributed by atoms with Gasteiger partial charge in [-0.1, -0.05) is 12.1 Å². The van der Waals surface area contributed by atoms with Crippen molar-refractivity contribution in [2.75, 3.05) is 33.4 Å². The molecule has 2 N–H and O–H groups in total. The van der Waals surface area contributed by atoms with Crippen LogP contribution in [-0.2, 0) is 23.1 Å². The molecule has 1 aromatic carbocycles.